The van der Waals surface area contributed by atoms with Crippen LogP contribution in [0.1, 0.15) is 18.2 Å². The van der Waals surface area contributed by atoms with Gasteiger partial charge in [0.15, 0.2) is 11.5 Å². The minimum Gasteiger partial charge on any atom is -0.493 e. The standard InChI is InChI=1S/C15H14F3IN2O3/c1-8-5-11-10(7-23-8)14(19)20-21(11)9-3-4-12(13(6-9)22-2)24-15(16,17)18/h3-4,6,8H,5,7H2,1-2H3/t8-/m0/s1. The summed E-state index contributed by atoms with van der Waals surface area (Å²) in [6.07, 6.45) is -4.05. The molecule has 0 unspecified atom stereocenters. The maximum absolute atomic E-state index is 12.4. The third-order valence-electron chi connectivity index (χ3n) is 3.65. The van der Waals surface area contributed by atoms with E-state index < -0.39 is 6.36 Å². The highest BCUT2D eigenvalue weighted by molar-refractivity contribution is 14.1. The number of halogens is 4. The van der Waals surface area contributed by atoms with Crippen molar-refractivity contribution in [2.24, 2.45) is 0 Å². The Bertz CT molecular complexity index is 761. The van der Waals surface area contributed by atoms with Crippen molar-refractivity contribution in [3.63, 3.8) is 0 Å². The maximum atomic E-state index is 12.4. The van der Waals surface area contributed by atoms with E-state index >= 15 is 0 Å². The third kappa shape index (κ3) is 3.46. The predicted molar refractivity (Wildman–Crippen MR) is 87.5 cm³/mol. The van der Waals surface area contributed by atoms with Gasteiger partial charge in [0.2, 0.25) is 0 Å². The largest absolute Gasteiger partial charge is 0.573 e. The number of hydrogen-bond donors (Lipinski definition) is 0. The van der Waals surface area contributed by atoms with Gasteiger partial charge in [-0.2, -0.15) is 5.10 Å². The molecule has 0 spiro atoms. The molecule has 2 heterocycles. The van der Waals surface area contributed by atoms with Gasteiger partial charge in [-0.25, -0.2) is 4.68 Å². The number of rotatable bonds is 3. The quantitative estimate of drug-likeness (QED) is 0.662. The van der Waals surface area contributed by atoms with E-state index in [1.807, 2.05) is 6.92 Å². The van der Waals surface area contributed by atoms with Crippen LogP contribution in [0.25, 0.3) is 5.69 Å². The first-order valence-electron chi connectivity index (χ1n) is 7.10. The lowest BCUT2D eigenvalue weighted by molar-refractivity contribution is -0.275. The highest BCUT2D eigenvalue weighted by atomic mass is 127. The van der Waals surface area contributed by atoms with Gasteiger partial charge < -0.3 is 14.2 Å². The van der Waals surface area contributed by atoms with Crippen LogP contribution in [0.5, 0.6) is 11.5 Å². The van der Waals surface area contributed by atoms with Crippen LogP contribution in [0.15, 0.2) is 18.2 Å². The van der Waals surface area contributed by atoms with Gasteiger partial charge >= 0.3 is 6.36 Å². The fourth-order valence-corrected chi connectivity index (χ4v) is 3.26. The molecule has 2 aromatic rings. The van der Waals surface area contributed by atoms with E-state index in [1.54, 1.807) is 4.68 Å². The van der Waals surface area contributed by atoms with E-state index in [-0.39, 0.29) is 17.6 Å². The molecule has 0 aliphatic carbocycles. The summed E-state index contributed by atoms with van der Waals surface area (Å²) in [6.45, 7) is 2.44. The van der Waals surface area contributed by atoms with Crippen LogP contribution in [-0.4, -0.2) is 29.4 Å². The number of benzene rings is 1. The molecule has 0 amide bonds. The molecule has 1 atom stereocenters. The Morgan fingerprint density at radius 1 is 1.33 bits per heavy atom. The summed E-state index contributed by atoms with van der Waals surface area (Å²) < 4.78 is 54.5. The molecule has 0 bridgehead atoms. The number of aromatic nitrogens is 2. The van der Waals surface area contributed by atoms with Crippen molar-refractivity contribution >= 4 is 22.6 Å². The monoisotopic (exact) mass is 454 g/mol. The Morgan fingerprint density at radius 2 is 2.08 bits per heavy atom. The Labute approximate surface area is 149 Å². The smallest absolute Gasteiger partial charge is 0.493 e. The first-order chi connectivity index (χ1) is 11.3. The molecule has 1 aromatic carbocycles. The Morgan fingerprint density at radius 3 is 2.75 bits per heavy atom. The van der Waals surface area contributed by atoms with Crippen LogP contribution < -0.4 is 9.47 Å². The Balaban J connectivity index is 2.02. The van der Waals surface area contributed by atoms with Crippen LogP contribution >= 0.6 is 22.6 Å². The van der Waals surface area contributed by atoms with Crippen molar-refractivity contribution in [2.75, 3.05) is 7.11 Å². The van der Waals surface area contributed by atoms with E-state index in [0.29, 0.717) is 18.7 Å². The normalized spacial score (nSPS) is 17.5. The van der Waals surface area contributed by atoms with Crippen molar-refractivity contribution in [2.45, 2.75) is 32.4 Å². The Kier molecular flexibility index (Phi) is 4.65. The average molecular weight is 454 g/mol. The summed E-state index contributed by atoms with van der Waals surface area (Å²) in [6, 6.07) is 4.23. The lowest BCUT2D eigenvalue weighted by atomic mass is 10.1. The zero-order valence-electron chi connectivity index (χ0n) is 12.9. The first kappa shape index (κ1) is 17.3. The minimum atomic E-state index is -4.78. The zero-order chi connectivity index (χ0) is 17.5. The number of fused-ring (bicyclic) bond motifs is 1. The van der Waals surface area contributed by atoms with Crippen LogP contribution in [-0.2, 0) is 17.8 Å². The summed E-state index contributed by atoms with van der Waals surface area (Å²) in [4.78, 5) is 0. The van der Waals surface area contributed by atoms with Gasteiger partial charge in [0.05, 0.1) is 31.2 Å². The molecular weight excluding hydrogens is 440 g/mol. The highest BCUT2D eigenvalue weighted by Crippen LogP contribution is 2.35. The SMILES string of the molecule is COc1cc(-n2nc(I)c3c2C[C@H](C)OC3)ccc1OC(F)(F)F. The minimum absolute atomic E-state index is 0.0100. The van der Waals surface area contributed by atoms with Crippen molar-refractivity contribution in [1.29, 1.82) is 0 Å². The number of methoxy groups -OCH3 is 1. The van der Waals surface area contributed by atoms with Gasteiger partial charge in [0.25, 0.3) is 0 Å². The third-order valence-corrected chi connectivity index (χ3v) is 4.52. The summed E-state index contributed by atoms with van der Waals surface area (Å²) >= 11 is 2.12. The summed E-state index contributed by atoms with van der Waals surface area (Å²) in [5.41, 5.74) is 2.60. The fourth-order valence-electron chi connectivity index (χ4n) is 2.58. The van der Waals surface area contributed by atoms with Gasteiger partial charge in [-0.1, -0.05) is 0 Å². The van der Waals surface area contributed by atoms with Gasteiger partial charge in [-0.3, -0.25) is 0 Å². The van der Waals surface area contributed by atoms with Crippen LogP contribution in [0.2, 0.25) is 0 Å². The van der Waals surface area contributed by atoms with E-state index in [0.717, 1.165) is 15.0 Å². The molecule has 1 aliphatic rings. The average Bonchev–Trinajstić information content (AvgIpc) is 2.82. The lowest BCUT2D eigenvalue weighted by Crippen LogP contribution is -2.21. The van der Waals surface area contributed by atoms with Crippen molar-refractivity contribution < 1.29 is 27.4 Å². The van der Waals surface area contributed by atoms with Crippen LogP contribution in [0.4, 0.5) is 13.2 Å². The van der Waals surface area contributed by atoms with Gasteiger partial charge in [0, 0.05) is 18.1 Å². The molecule has 9 heteroatoms. The molecule has 3 rings (SSSR count). The van der Waals surface area contributed by atoms with Gasteiger partial charge in [-0.15, -0.1) is 13.2 Å². The molecule has 130 valence electrons. The van der Waals surface area contributed by atoms with Crippen molar-refractivity contribution in [3.05, 3.63) is 33.2 Å². The molecular formula is C15H14F3IN2O3. The second kappa shape index (κ2) is 6.43. The van der Waals surface area contributed by atoms with Crippen molar-refractivity contribution in [3.8, 4) is 17.2 Å². The molecule has 0 saturated carbocycles. The van der Waals surface area contributed by atoms with Gasteiger partial charge in [-0.05, 0) is 41.6 Å². The molecule has 1 aromatic heterocycles. The lowest BCUT2D eigenvalue weighted by Gasteiger charge is -2.21. The number of ether oxygens (including phenoxy) is 3. The summed E-state index contributed by atoms with van der Waals surface area (Å²) in [5, 5.41) is 4.48. The molecule has 0 saturated heterocycles. The topological polar surface area (TPSA) is 45.5 Å². The van der Waals surface area contributed by atoms with E-state index in [1.165, 1.54) is 25.3 Å². The first-order valence-corrected chi connectivity index (χ1v) is 8.18. The summed E-state index contributed by atoms with van der Waals surface area (Å²) in [5.74, 6) is -0.398. The molecule has 0 radical (unpaired) electrons. The predicted octanol–water partition coefficient (Wildman–Crippen LogP) is 3.85. The molecule has 0 N–H and O–H groups in total. The van der Waals surface area contributed by atoms with Gasteiger partial charge in [0.1, 0.15) is 3.70 Å². The highest BCUT2D eigenvalue weighted by Gasteiger charge is 2.33. The second-order valence-corrected chi connectivity index (χ2v) is 6.36. The van der Waals surface area contributed by atoms with E-state index in [2.05, 4.69) is 32.4 Å². The molecule has 0 fully saturated rings. The fraction of sp³-hybridized carbons (Fsp3) is 0.400. The second-order valence-electron chi connectivity index (χ2n) is 5.34. The number of nitrogens with zero attached hydrogens (tertiary/aromatic N) is 2. The van der Waals surface area contributed by atoms with Crippen molar-refractivity contribution in [1.82, 2.24) is 9.78 Å². The maximum Gasteiger partial charge on any atom is 0.573 e. The zero-order valence-corrected chi connectivity index (χ0v) is 15.0. The van der Waals surface area contributed by atoms with Crippen LogP contribution in [0.3, 0.4) is 0 Å². The Hall–Kier alpha value is -1.49. The van der Waals surface area contributed by atoms with Crippen LogP contribution in [0, 0.1) is 3.70 Å². The number of hydrogen-bond acceptors (Lipinski definition) is 4. The molecule has 1 aliphatic heterocycles. The molecule has 24 heavy (non-hydrogen) atoms. The molecule has 5 nitrogen and oxygen atoms in total. The van der Waals surface area contributed by atoms with E-state index in [9.17, 15) is 13.2 Å². The van der Waals surface area contributed by atoms with E-state index in [4.69, 9.17) is 9.47 Å². The number of alkyl halides is 3. The summed E-state index contributed by atoms with van der Waals surface area (Å²) in [7, 11) is 1.29.